The minimum absolute atomic E-state index is 0.135. The highest BCUT2D eigenvalue weighted by Gasteiger charge is 2.24. The number of halogens is 1. The standard InChI is InChI=1S/C11H14ClNO3S/c12-9-1-3-11(4-2-9)16-7-10-8-17(14,15)6-5-13-10/h1-4,10,13H,5-8H2. The van der Waals surface area contributed by atoms with Crippen LogP contribution in [0.2, 0.25) is 5.02 Å². The van der Waals surface area contributed by atoms with Crippen molar-refractivity contribution >= 4 is 21.4 Å². The van der Waals surface area contributed by atoms with Crippen LogP contribution in [0.15, 0.2) is 24.3 Å². The van der Waals surface area contributed by atoms with Crippen molar-refractivity contribution in [1.29, 1.82) is 0 Å². The van der Waals surface area contributed by atoms with Crippen molar-refractivity contribution in [3.63, 3.8) is 0 Å². The minimum atomic E-state index is -2.91. The molecule has 1 aliphatic rings. The van der Waals surface area contributed by atoms with E-state index in [9.17, 15) is 8.42 Å². The summed E-state index contributed by atoms with van der Waals surface area (Å²) in [6, 6.07) is 6.87. The van der Waals surface area contributed by atoms with Gasteiger partial charge in [0.15, 0.2) is 9.84 Å². The van der Waals surface area contributed by atoms with E-state index < -0.39 is 9.84 Å². The summed E-state index contributed by atoms with van der Waals surface area (Å²) in [6.07, 6.45) is 0. The zero-order valence-electron chi connectivity index (χ0n) is 9.23. The van der Waals surface area contributed by atoms with Gasteiger partial charge in [-0.05, 0) is 24.3 Å². The van der Waals surface area contributed by atoms with Gasteiger partial charge in [-0.25, -0.2) is 8.42 Å². The van der Waals surface area contributed by atoms with E-state index in [1.54, 1.807) is 24.3 Å². The Balaban J connectivity index is 1.88. The Morgan fingerprint density at radius 2 is 2.06 bits per heavy atom. The lowest BCUT2D eigenvalue weighted by Crippen LogP contribution is -2.48. The van der Waals surface area contributed by atoms with Gasteiger partial charge >= 0.3 is 0 Å². The highest BCUT2D eigenvalue weighted by atomic mass is 35.5. The van der Waals surface area contributed by atoms with E-state index >= 15 is 0 Å². The summed E-state index contributed by atoms with van der Waals surface area (Å²) in [5.74, 6) is 1.05. The molecule has 0 saturated carbocycles. The number of sulfone groups is 1. The topological polar surface area (TPSA) is 55.4 Å². The van der Waals surface area contributed by atoms with E-state index in [1.807, 2.05) is 0 Å². The van der Waals surface area contributed by atoms with Gasteiger partial charge in [0.1, 0.15) is 12.4 Å². The third kappa shape index (κ3) is 3.87. The maximum Gasteiger partial charge on any atom is 0.153 e. The number of hydrogen-bond acceptors (Lipinski definition) is 4. The maximum absolute atomic E-state index is 11.4. The molecule has 0 aliphatic carbocycles. The number of nitrogens with one attached hydrogen (secondary N) is 1. The first-order valence-electron chi connectivity index (χ1n) is 5.37. The van der Waals surface area contributed by atoms with Crippen LogP contribution >= 0.6 is 11.6 Å². The molecule has 1 N–H and O–H groups in total. The molecule has 4 nitrogen and oxygen atoms in total. The molecule has 1 atom stereocenters. The van der Waals surface area contributed by atoms with Crippen molar-refractivity contribution in [2.24, 2.45) is 0 Å². The number of benzene rings is 1. The first kappa shape index (κ1) is 12.7. The molecule has 1 fully saturated rings. The quantitative estimate of drug-likeness (QED) is 0.898. The third-order valence-corrected chi connectivity index (χ3v) is 4.55. The molecule has 1 unspecified atom stereocenters. The normalized spacial score (nSPS) is 23.2. The molecule has 0 spiro atoms. The second-order valence-corrected chi connectivity index (χ2v) is 6.70. The van der Waals surface area contributed by atoms with Crippen molar-refractivity contribution in [3.8, 4) is 5.75 Å². The minimum Gasteiger partial charge on any atom is -0.492 e. The van der Waals surface area contributed by atoms with Crippen molar-refractivity contribution in [3.05, 3.63) is 29.3 Å². The third-order valence-electron chi connectivity index (χ3n) is 2.57. The largest absolute Gasteiger partial charge is 0.492 e. The fraction of sp³-hybridized carbons (Fsp3) is 0.455. The van der Waals surface area contributed by atoms with E-state index in [-0.39, 0.29) is 17.5 Å². The average molecular weight is 276 g/mol. The molecule has 2 rings (SSSR count). The van der Waals surface area contributed by atoms with Crippen LogP contribution in [0.1, 0.15) is 0 Å². The average Bonchev–Trinajstić information content (AvgIpc) is 2.27. The van der Waals surface area contributed by atoms with Crippen molar-refractivity contribution in [2.75, 3.05) is 24.7 Å². The summed E-state index contributed by atoms with van der Waals surface area (Å²) in [6.45, 7) is 0.845. The highest BCUT2D eigenvalue weighted by molar-refractivity contribution is 7.91. The number of ether oxygens (including phenoxy) is 1. The lowest BCUT2D eigenvalue weighted by atomic mass is 10.3. The van der Waals surface area contributed by atoms with Crippen molar-refractivity contribution < 1.29 is 13.2 Å². The summed E-state index contributed by atoms with van der Waals surface area (Å²) in [4.78, 5) is 0. The van der Waals surface area contributed by atoms with Crippen LogP contribution in [0.25, 0.3) is 0 Å². The van der Waals surface area contributed by atoms with E-state index in [2.05, 4.69) is 5.32 Å². The van der Waals surface area contributed by atoms with E-state index in [4.69, 9.17) is 16.3 Å². The van der Waals surface area contributed by atoms with Crippen LogP contribution in [0.4, 0.5) is 0 Å². The molecule has 0 aromatic heterocycles. The SMILES string of the molecule is O=S1(=O)CCNC(COc2ccc(Cl)cc2)C1. The molecule has 0 bridgehead atoms. The second kappa shape index (κ2) is 5.25. The summed E-state index contributed by atoms with van der Waals surface area (Å²) in [5.41, 5.74) is 0. The van der Waals surface area contributed by atoms with Gasteiger partial charge < -0.3 is 10.1 Å². The zero-order chi connectivity index (χ0) is 12.3. The Morgan fingerprint density at radius 1 is 1.35 bits per heavy atom. The molecule has 94 valence electrons. The lowest BCUT2D eigenvalue weighted by Gasteiger charge is -2.23. The summed E-state index contributed by atoms with van der Waals surface area (Å²) in [5, 5.41) is 3.77. The monoisotopic (exact) mass is 275 g/mol. The predicted octanol–water partition coefficient (Wildman–Crippen LogP) is 1.11. The van der Waals surface area contributed by atoms with Crippen LogP contribution in [-0.4, -0.2) is 39.1 Å². The summed E-state index contributed by atoms with van der Waals surface area (Å²) < 4.78 is 28.3. The van der Waals surface area contributed by atoms with Crippen LogP contribution in [-0.2, 0) is 9.84 Å². The molecule has 0 radical (unpaired) electrons. The van der Waals surface area contributed by atoms with Crippen molar-refractivity contribution in [1.82, 2.24) is 5.32 Å². The van der Waals surface area contributed by atoms with Gasteiger partial charge in [0, 0.05) is 11.6 Å². The van der Waals surface area contributed by atoms with Gasteiger partial charge in [0.05, 0.1) is 17.5 Å². The molecular formula is C11H14ClNO3S. The van der Waals surface area contributed by atoms with Gasteiger partial charge in [-0.3, -0.25) is 0 Å². The second-order valence-electron chi connectivity index (χ2n) is 4.03. The van der Waals surface area contributed by atoms with Gasteiger partial charge in [-0.15, -0.1) is 0 Å². The van der Waals surface area contributed by atoms with Gasteiger partial charge in [0.2, 0.25) is 0 Å². The first-order valence-corrected chi connectivity index (χ1v) is 7.57. The molecule has 6 heteroatoms. The summed E-state index contributed by atoms with van der Waals surface area (Å²) in [7, 11) is -2.91. The Kier molecular flexibility index (Phi) is 3.91. The molecule has 1 aromatic carbocycles. The Hall–Kier alpha value is -0.780. The number of hydrogen-bond donors (Lipinski definition) is 1. The molecule has 17 heavy (non-hydrogen) atoms. The Morgan fingerprint density at radius 3 is 2.71 bits per heavy atom. The molecule has 1 aromatic rings. The molecule has 1 saturated heterocycles. The van der Waals surface area contributed by atoms with Crippen LogP contribution in [0.3, 0.4) is 0 Å². The Labute approximate surface area is 106 Å². The zero-order valence-corrected chi connectivity index (χ0v) is 10.8. The highest BCUT2D eigenvalue weighted by Crippen LogP contribution is 2.16. The number of rotatable bonds is 3. The first-order chi connectivity index (χ1) is 8.05. The van der Waals surface area contributed by atoms with Crippen molar-refractivity contribution in [2.45, 2.75) is 6.04 Å². The molecule has 0 amide bonds. The van der Waals surface area contributed by atoms with Crippen LogP contribution < -0.4 is 10.1 Å². The van der Waals surface area contributed by atoms with E-state index in [1.165, 1.54) is 0 Å². The lowest BCUT2D eigenvalue weighted by molar-refractivity contribution is 0.273. The Bertz CT molecular complexity index is 472. The maximum atomic E-state index is 11.4. The smallest absolute Gasteiger partial charge is 0.153 e. The fourth-order valence-electron chi connectivity index (χ4n) is 1.70. The molecule has 1 aliphatic heterocycles. The van der Waals surface area contributed by atoms with Gasteiger partial charge in [0.25, 0.3) is 0 Å². The molecular weight excluding hydrogens is 262 g/mol. The van der Waals surface area contributed by atoms with E-state index in [0.29, 0.717) is 23.9 Å². The fourth-order valence-corrected chi connectivity index (χ4v) is 3.25. The van der Waals surface area contributed by atoms with Crippen LogP contribution in [0.5, 0.6) is 5.75 Å². The van der Waals surface area contributed by atoms with Crippen LogP contribution in [0, 0.1) is 0 Å². The van der Waals surface area contributed by atoms with Gasteiger partial charge in [-0.1, -0.05) is 11.6 Å². The summed E-state index contributed by atoms with van der Waals surface area (Å²) >= 11 is 5.75. The van der Waals surface area contributed by atoms with E-state index in [0.717, 1.165) is 0 Å². The van der Waals surface area contributed by atoms with Gasteiger partial charge in [-0.2, -0.15) is 0 Å². The molecule has 1 heterocycles. The predicted molar refractivity (Wildman–Crippen MR) is 67.4 cm³/mol.